The zero-order valence-electron chi connectivity index (χ0n) is 14.5. The number of hydrogen-bond acceptors (Lipinski definition) is 2. The van der Waals surface area contributed by atoms with Crippen LogP contribution in [-0.2, 0) is 11.8 Å². The predicted octanol–water partition coefficient (Wildman–Crippen LogP) is 4.00. The van der Waals surface area contributed by atoms with Crippen LogP contribution in [0.25, 0.3) is 0 Å². The highest BCUT2D eigenvalue weighted by Gasteiger charge is 2.27. The molecule has 0 fully saturated rings. The quantitative estimate of drug-likeness (QED) is 0.913. The third kappa shape index (κ3) is 3.81. The van der Waals surface area contributed by atoms with E-state index in [2.05, 4.69) is 26.1 Å². The summed E-state index contributed by atoms with van der Waals surface area (Å²) in [6.07, 6.45) is -0.0307. The Morgan fingerprint density at radius 2 is 1.88 bits per heavy atom. The molecule has 2 aromatic rings. The SMILES string of the molecule is CC(C)(C)c1ccc(C(=O)NC[C@H]2Cc3cc(F)cc(F)c3O2)cc1. The summed E-state index contributed by atoms with van der Waals surface area (Å²) in [5, 5.41) is 2.79. The second kappa shape index (κ2) is 6.47. The Balaban J connectivity index is 1.59. The molecule has 0 saturated heterocycles. The summed E-state index contributed by atoms with van der Waals surface area (Å²) >= 11 is 0. The van der Waals surface area contributed by atoms with Gasteiger partial charge in [0.1, 0.15) is 11.9 Å². The average molecular weight is 345 g/mol. The van der Waals surface area contributed by atoms with Crippen molar-refractivity contribution in [1.82, 2.24) is 5.32 Å². The highest BCUT2D eigenvalue weighted by Crippen LogP contribution is 2.32. The van der Waals surface area contributed by atoms with Crippen LogP contribution in [0.1, 0.15) is 42.3 Å². The Bertz CT molecular complexity index is 795. The van der Waals surface area contributed by atoms with Gasteiger partial charge < -0.3 is 10.1 Å². The molecule has 3 nitrogen and oxygen atoms in total. The molecule has 3 rings (SSSR count). The van der Waals surface area contributed by atoms with Crippen molar-refractivity contribution in [3.8, 4) is 5.75 Å². The first-order chi connectivity index (χ1) is 11.7. The van der Waals surface area contributed by atoms with E-state index < -0.39 is 17.7 Å². The number of fused-ring (bicyclic) bond motifs is 1. The van der Waals surface area contributed by atoms with E-state index in [-0.39, 0.29) is 23.6 Å². The van der Waals surface area contributed by atoms with E-state index >= 15 is 0 Å². The van der Waals surface area contributed by atoms with Crippen LogP contribution in [0.15, 0.2) is 36.4 Å². The summed E-state index contributed by atoms with van der Waals surface area (Å²) in [6.45, 7) is 6.56. The average Bonchev–Trinajstić information content (AvgIpc) is 2.95. The number of halogens is 2. The molecule has 1 heterocycles. The van der Waals surface area contributed by atoms with Gasteiger partial charge in [-0.1, -0.05) is 32.9 Å². The fourth-order valence-electron chi connectivity index (χ4n) is 2.89. The van der Waals surface area contributed by atoms with Crippen LogP contribution < -0.4 is 10.1 Å². The molecule has 1 N–H and O–H groups in total. The van der Waals surface area contributed by atoms with E-state index in [1.165, 1.54) is 6.07 Å². The van der Waals surface area contributed by atoms with Gasteiger partial charge in [0.25, 0.3) is 5.91 Å². The van der Waals surface area contributed by atoms with Crippen molar-refractivity contribution in [2.45, 2.75) is 38.7 Å². The van der Waals surface area contributed by atoms with E-state index in [0.29, 0.717) is 17.5 Å². The highest BCUT2D eigenvalue weighted by atomic mass is 19.1. The molecule has 1 amide bonds. The Kier molecular flexibility index (Phi) is 4.50. The molecule has 0 aliphatic carbocycles. The predicted molar refractivity (Wildman–Crippen MR) is 92.0 cm³/mol. The van der Waals surface area contributed by atoms with Crippen LogP contribution in [0.2, 0.25) is 0 Å². The summed E-state index contributed by atoms with van der Waals surface area (Å²) in [6, 6.07) is 9.52. The molecule has 1 aliphatic heterocycles. The van der Waals surface area contributed by atoms with Crippen LogP contribution in [0.4, 0.5) is 8.78 Å². The molecule has 0 spiro atoms. The van der Waals surface area contributed by atoms with Crippen molar-refractivity contribution in [2.75, 3.05) is 6.54 Å². The van der Waals surface area contributed by atoms with Gasteiger partial charge in [0.15, 0.2) is 11.6 Å². The number of rotatable bonds is 3. The van der Waals surface area contributed by atoms with Crippen LogP contribution in [0, 0.1) is 11.6 Å². The fraction of sp³-hybridized carbons (Fsp3) is 0.350. The van der Waals surface area contributed by atoms with Gasteiger partial charge in [-0.25, -0.2) is 8.78 Å². The smallest absolute Gasteiger partial charge is 0.251 e. The normalized spacial score (nSPS) is 16.3. The summed E-state index contributed by atoms with van der Waals surface area (Å²) in [7, 11) is 0. The lowest BCUT2D eigenvalue weighted by Gasteiger charge is -2.19. The Morgan fingerprint density at radius 3 is 2.52 bits per heavy atom. The van der Waals surface area contributed by atoms with Gasteiger partial charge in [-0.2, -0.15) is 0 Å². The minimum atomic E-state index is -0.707. The highest BCUT2D eigenvalue weighted by molar-refractivity contribution is 5.94. The zero-order valence-corrected chi connectivity index (χ0v) is 14.5. The zero-order chi connectivity index (χ0) is 18.2. The largest absolute Gasteiger partial charge is 0.485 e. The fourth-order valence-corrected chi connectivity index (χ4v) is 2.89. The summed E-state index contributed by atoms with van der Waals surface area (Å²) < 4.78 is 32.4. The van der Waals surface area contributed by atoms with Crippen LogP contribution in [-0.4, -0.2) is 18.6 Å². The molecular formula is C20H21F2NO2. The molecule has 0 radical (unpaired) electrons. The topological polar surface area (TPSA) is 38.3 Å². The Labute approximate surface area is 146 Å². The Hall–Kier alpha value is -2.43. The number of ether oxygens (including phenoxy) is 1. The minimum Gasteiger partial charge on any atom is -0.485 e. The first-order valence-corrected chi connectivity index (χ1v) is 8.27. The van der Waals surface area contributed by atoms with Crippen molar-refractivity contribution < 1.29 is 18.3 Å². The number of nitrogens with one attached hydrogen (secondary N) is 1. The van der Waals surface area contributed by atoms with E-state index in [1.807, 2.05) is 12.1 Å². The molecule has 5 heteroatoms. The van der Waals surface area contributed by atoms with Gasteiger partial charge in [-0.3, -0.25) is 4.79 Å². The van der Waals surface area contributed by atoms with E-state index in [9.17, 15) is 13.6 Å². The molecule has 0 unspecified atom stereocenters. The number of benzene rings is 2. The summed E-state index contributed by atoms with van der Waals surface area (Å²) in [5.41, 5.74) is 2.22. The van der Waals surface area contributed by atoms with Gasteiger partial charge in [0.05, 0.1) is 6.54 Å². The first kappa shape index (κ1) is 17.4. The van der Waals surface area contributed by atoms with Crippen molar-refractivity contribution >= 4 is 5.91 Å². The minimum absolute atomic E-state index is 0.0256. The van der Waals surface area contributed by atoms with Crippen molar-refractivity contribution in [1.29, 1.82) is 0 Å². The maximum Gasteiger partial charge on any atom is 0.251 e. The van der Waals surface area contributed by atoms with E-state index in [1.54, 1.807) is 12.1 Å². The molecule has 2 aromatic carbocycles. The second-order valence-electron chi connectivity index (χ2n) is 7.36. The maximum absolute atomic E-state index is 13.7. The van der Waals surface area contributed by atoms with Gasteiger partial charge >= 0.3 is 0 Å². The molecule has 0 bridgehead atoms. The van der Waals surface area contributed by atoms with Gasteiger partial charge in [0.2, 0.25) is 0 Å². The maximum atomic E-state index is 13.7. The lowest BCUT2D eigenvalue weighted by atomic mass is 9.87. The number of hydrogen-bond donors (Lipinski definition) is 1. The van der Waals surface area contributed by atoms with Gasteiger partial charge in [-0.05, 0) is 29.2 Å². The monoisotopic (exact) mass is 345 g/mol. The number of carbonyl (C=O) groups excluding carboxylic acids is 1. The van der Waals surface area contributed by atoms with Crippen LogP contribution in [0.5, 0.6) is 5.75 Å². The lowest BCUT2D eigenvalue weighted by Crippen LogP contribution is -2.34. The van der Waals surface area contributed by atoms with Gasteiger partial charge in [-0.15, -0.1) is 0 Å². The third-order valence-electron chi connectivity index (χ3n) is 4.32. The van der Waals surface area contributed by atoms with E-state index in [4.69, 9.17) is 4.74 Å². The van der Waals surface area contributed by atoms with E-state index in [0.717, 1.165) is 11.6 Å². The molecule has 132 valence electrons. The lowest BCUT2D eigenvalue weighted by molar-refractivity contribution is 0.0933. The summed E-state index contributed by atoms with van der Waals surface area (Å²) in [5.74, 6) is -1.47. The number of carbonyl (C=O) groups is 1. The second-order valence-corrected chi connectivity index (χ2v) is 7.36. The Morgan fingerprint density at radius 1 is 1.20 bits per heavy atom. The number of amides is 1. The van der Waals surface area contributed by atoms with Crippen molar-refractivity contribution in [2.24, 2.45) is 0 Å². The standard InChI is InChI=1S/C20H21F2NO2/c1-20(2,3)14-6-4-12(5-7-14)19(24)23-11-16-9-13-8-15(21)10-17(22)18(13)25-16/h4-8,10,16H,9,11H2,1-3H3,(H,23,24)/t16-/m1/s1. The van der Waals surface area contributed by atoms with Gasteiger partial charge in [0, 0.05) is 23.6 Å². The third-order valence-corrected chi connectivity index (χ3v) is 4.32. The molecule has 0 aromatic heterocycles. The summed E-state index contributed by atoms with van der Waals surface area (Å²) in [4.78, 5) is 12.3. The van der Waals surface area contributed by atoms with Crippen molar-refractivity contribution in [3.05, 3.63) is 64.7 Å². The van der Waals surface area contributed by atoms with Crippen LogP contribution >= 0.6 is 0 Å². The molecule has 1 aliphatic rings. The van der Waals surface area contributed by atoms with Crippen LogP contribution in [0.3, 0.4) is 0 Å². The molecule has 25 heavy (non-hydrogen) atoms. The first-order valence-electron chi connectivity index (χ1n) is 8.27. The molecular weight excluding hydrogens is 324 g/mol. The molecule has 0 saturated carbocycles. The van der Waals surface area contributed by atoms with Crippen molar-refractivity contribution in [3.63, 3.8) is 0 Å². The molecule has 1 atom stereocenters.